The lowest BCUT2D eigenvalue weighted by Crippen LogP contribution is -2.28. The van der Waals surface area contributed by atoms with E-state index in [0.717, 1.165) is 6.26 Å². The van der Waals surface area contributed by atoms with E-state index in [1.165, 1.54) is 24.3 Å². The summed E-state index contributed by atoms with van der Waals surface area (Å²) in [7, 11) is -3.35. The standard InChI is InChI=1S/C14H19NO5S/c1-10(6-7-13(16)17)9-15-14(18)11-4-3-5-12(8-11)21(2,19)20/h3-5,8,10H,6-7,9H2,1-2H3,(H,15,18)(H,16,17). The SMILES string of the molecule is CC(CCC(=O)O)CNC(=O)c1cccc(S(C)(=O)=O)c1. The molecule has 6 nitrogen and oxygen atoms in total. The van der Waals surface area contributed by atoms with Crippen LogP contribution in [0.3, 0.4) is 0 Å². The highest BCUT2D eigenvalue weighted by atomic mass is 32.2. The molecule has 1 aromatic rings. The molecule has 1 unspecified atom stereocenters. The second-order valence-electron chi connectivity index (χ2n) is 5.05. The van der Waals surface area contributed by atoms with Crippen LogP contribution in [0.4, 0.5) is 0 Å². The fourth-order valence-corrected chi connectivity index (χ4v) is 2.38. The van der Waals surface area contributed by atoms with E-state index in [2.05, 4.69) is 5.32 Å². The van der Waals surface area contributed by atoms with Gasteiger partial charge in [0.05, 0.1) is 4.90 Å². The van der Waals surface area contributed by atoms with Crippen molar-refractivity contribution < 1.29 is 23.1 Å². The zero-order valence-corrected chi connectivity index (χ0v) is 12.8. The summed E-state index contributed by atoms with van der Waals surface area (Å²) in [6.45, 7) is 2.19. The molecule has 2 N–H and O–H groups in total. The van der Waals surface area contributed by atoms with E-state index in [1.54, 1.807) is 0 Å². The third-order valence-corrected chi connectivity index (χ3v) is 4.10. The van der Waals surface area contributed by atoms with Gasteiger partial charge in [0.1, 0.15) is 0 Å². The molecule has 0 aliphatic carbocycles. The van der Waals surface area contributed by atoms with Gasteiger partial charge in [-0.2, -0.15) is 0 Å². The van der Waals surface area contributed by atoms with E-state index in [4.69, 9.17) is 5.11 Å². The van der Waals surface area contributed by atoms with Crippen LogP contribution in [0.1, 0.15) is 30.1 Å². The van der Waals surface area contributed by atoms with Crippen LogP contribution < -0.4 is 5.32 Å². The number of carbonyl (C=O) groups is 2. The molecule has 0 aliphatic heterocycles. The molecule has 0 saturated carbocycles. The van der Waals surface area contributed by atoms with Gasteiger partial charge < -0.3 is 10.4 Å². The normalized spacial score (nSPS) is 12.7. The molecule has 7 heteroatoms. The summed E-state index contributed by atoms with van der Waals surface area (Å²) >= 11 is 0. The Kier molecular flexibility index (Phi) is 5.90. The third kappa shape index (κ3) is 5.95. The highest BCUT2D eigenvalue weighted by molar-refractivity contribution is 7.90. The molecule has 0 bridgehead atoms. The largest absolute Gasteiger partial charge is 0.481 e. The molecule has 0 spiro atoms. The predicted octanol–water partition coefficient (Wildman–Crippen LogP) is 1.32. The van der Waals surface area contributed by atoms with Crippen LogP contribution in [-0.2, 0) is 14.6 Å². The summed E-state index contributed by atoms with van der Waals surface area (Å²) in [5.41, 5.74) is 0.267. The summed E-state index contributed by atoms with van der Waals surface area (Å²) in [5, 5.41) is 11.3. The summed E-state index contributed by atoms with van der Waals surface area (Å²) in [4.78, 5) is 22.5. The topological polar surface area (TPSA) is 101 Å². The average Bonchev–Trinajstić information content (AvgIpc) is 2.41. The molecule has 1 amide bonds. The van der Waals surface area contributed by atoms with Crippen molar-refractivity contribution >= 4 is 21.7 Å². The second kappa shape index (κ2) is 7.21. The van der Waals surface area contributed by atoms with Gasteiger partial charge in [0.2, 0.25) is 0 Å². The number of hydrogen-bond acceptors (Lipinski definition) is 4. The van der Waals surface area contributed by atoms with Gasteiger partial charge in [-0.1, -0.05) is 13.0 Å². The molecule has 0 fully saturated rings. The molecule has 0 heterocycles. The van der Waals surface area contributed by atoms with E-state index < -0.39 is 15.8 Å². The van der Waals surface area contributed by atoms with Crippen molar-refractivity contribution in [2.45, 2.75) is 24.7 Å². The van der Waals surface area contributed by atoms with E-state index in [-0.39, 0.29) is 28.7 Å². The van der Waals surface area contributed by atoms with Gasteiger partial charge >= 0.3 is 5.97 Å². The summed E-state index contributed by atoms with van der Waals surface area (Å²) in [6.07, 6.45) is 1.61. The zero-order chi connectivity index (χ0) is 16.0. The lowest BCUT2D eigenvalue weighted by Gasteiger charge is -2.11. The highest BCUT2D eigenvalue weighted by Crippen LogP contribution is 2.11. The minimum atomic E-state index is -3.35. The number of aliphatic carboxylic acids is 1. The quantitative estimate of drug-likeness (QED) is 0.790. The van der Waals surface area contributed by atoms with E-state index >= 15 is 0 Å². The van der Waals surface area contributed by atoms with Gasteiger partial charge in [-0.3, -0.25) is 9.59 Å². The predicted molar refractivity (Wildman–Crippen MR) is 77.9 cm³/mol. The number of carboxylic acid groups (broad SMARTS) is 1. The smallest absolute Gasteiger partial charge is 0.303 e. The van der Waals surface area contributed by atoms with Crippen molar-refractivity contribution in [3.63, 3.8) is 0 Å². The molecular weight excluding hydrogens is 294 g/mol. The molecule has 0 aromatic heterocycles. The minimum Gasteiger partial charge on any atom is -0.481 e. The average molecular weight is 313 g/mol. The highest BCUT2D eigenvalue weighted by Gasteiger charge is 2.12. The van der Waals surface area contributed by atoms with Crippen molar-refractivity contribution in [1.82, 2.24) is 5.32 Å². The maximum absolute atomic E-state index is 11.9. The summed E-state index contributed by atoms with van der Waals surface area (Å²) < 4.78 is 22.9. The van der Waals surface area contributed by atoms with E-state index in [1.807, 2.05) is 6.92 Å². The summed E-state index contributed by atoms with van der Waals surface area (Å²) in [6, 6.07) is 5.80. The first-order valence-corrected chi connectivity index (χ1v) is 8.39. The molecular formula is C14H19NO5S. The first-order valence-electron chi connectivity index (χ1n) is 6.50. The zero-order valence-electron chi connectivity index (χ0n) is 12.0. The van der Waals surface area contributed by atoms with Crippen LogP contribution in [0.15, 0.2) is 29.2 Å². The van der Waals surface area contributed by atoms with Gasteiger partial charge in [0.15, 0.2) is 9.84 Å². The Bertz CT molecular complexity index is 624. The fraction of sp³-hybridized carbons (Fsp3) is 0.429. The van der Waals surface area contributed by atoms with Gasteiger partial charge in [-0.15, -0.1) is 0 Å². The monoisotopic (exact) mass is 313 g/mol. The maximum atomic E-state index is 11.9. The minimum absolute atomic E-state index is 0.0307. The molecule has 0 saturated heterocycles. The Balaban J connectivity index is 2.62. The van der Waals surface area contributed by atoms with Crippen LogP contribution in [0.25, 0.3) is 0 Å². The Morgan fingerprint density at radius 3 is 2.57 bits per heavy atom. The molecule has 0 aliphatic rings. The number of benzene rings is 1. The number of rotatable bonds is 7. The molecule has 1 aromatic carbocycles. The van der Waals surface area contributed by atoms with Crippen molar-refractivity contribution in [3.05, 3.63) is 29.8 Å². The molecule has 1 atom stereocenters. The number of carbonyl (C=O) groups excluding carboxylic acids is 1. The van der Waals surface area contributed by atoms with Crippen LogP contribution in [0.5, 0.6) is 0 Å². The van der Waals surface area contributed by atoms with Crippen LogP contribution in [-0.4, -0.2) is 38.2 Å². The lowest BCUT2D eigenvalue weighted by molar-refractivity contribution is -0.137. The number of amides is 1. The van der Waals surface area contributed by atoms with Gasteiger partial charge in [0, 0.05) is 24.8 Å². The van der Waals surface area contributed by atoms with Crippen molar-refractivity contribution in [3.8, 4) is 0 Å². The Morgan fingerprint density at radius 1 is 1.33 bits per heavy atom. The molecule has 21 heavy (non-hydrogen) atoms. The second-order valence-corrected chi connectivity index (χ2v) is 7.06. The molecule has 1 rings (SSSR count). The Hall–Kier alpha value is -1.89. The van der Waals surface area contributed by atoms with Crippen LogP contribution >= 0.6 is 0 Å². The number of nitrogens with one attached hydrogen (secondary N) is 1. The fourth-order valence-electron chi connectivity index (χ4n) is 1.71. The van der Waals surface area contributed by atoms with E-state index in [9.17, 15) is 18.0 Å². The molecule has 0 radical (unpaired) electrons. The van der Waals surface area contributed by atoms with Gasteiger partial charge in [-0.25, -0.2) is 8.42 Å². The summed E-state index contributed by atoms with van der Waals surface area (Å²) in [5.74, 6) is -1.21. The Morgan fingerprint density at radius 2 is 2.00 bits per heavy atom. The van der Waals surface area contributed by atoms with Crippen LogP contribution in [0, 0.1) is 5.92 Å². The lowest BCUT2D eigenvalue weighted by atomic mass is 10.1. The van der Waals surface area contributed by atoms with Gasteiger partial charge in [0.25, 0.3) is 5.91 Å². The van der Waals surface area contributed by atoms with Gasteiger partial charge in [-0.05, 0) is 30.5 Å². The maximum Gasteiger partial charge on any atom is 0.303 e. The number of hydrogen-bond donors (Lipinski definition) is 2. The molecule has 116 valence electrons. The van der Waals surface area contributed by atoms with E-state index in [0.29, 0.717) is 13.0 Å². The number of carboxylic acids is 1. The van der Waals surface area contributed by atoms with Crippen molar-refractivity contribution in [2.24, 2.45) is 5.92 Å². The van der Waals surface area contributed by atoms with Crippen molar-refractivity contribution in [2.75, 3.05) is 12.8 Å². The van der Waals surface area contributed by atoms with Crippen molar-refractivity contribution in [1.29, 1.82) is 0 Å². The first kappa shape index (κ1) is 17.2. The van der Waals surface area contributed by atoms with Crippen LogP contribution in [0.2, 0.25) is 0 Å². The third-order valence-electron chi connectivity index (χ3n) is 2.99. The number of sulfone groups is 1. The first-order chi connectivity index (χ1) is 9.70. The Labute approximate surface area is 124 Å².